The molecule has 0 amide bonds. The quantitative estimate of drug-likeness (QED) is 0.538. The molecule has 29 heavy (non-hydrogen) atoms. The van der Waals surface area contributed by atoms with Crippen LogP contribution in [-0.2, 0) is 20.7 Å². The van der Waals surface area contributed by atoms with E-state index in [-0.39, 0.29) is 11.8 Å². The molecule has 0 spiro atoms. The fraction of sp³-hybridized carbons (Fsp3) is 0.545. The first-order valence-electron chi connectivity index (χ1n) is 10.0. The van der Waals surface area contributed by atoms with Crippen LogP contribution in [0, 0.1) is 11.8 Å². The largest absolute Gasteiger partial charge is 0.424 e. The second-order valence-corrected chi connectivity index (χ2v) is 8.30. The van der Waals surface area contributed by atoms with E-state index in [1.54, 1.807) is 6.20 Å². The minimum Gasteiger partial charge on any atom is -0.424 e. The lowest BCUT2D eigenvalue weighted by Gasteiger charge is -2.24. The molecular formula is C22H33N3O4. The zero-order valence-electron chi connectivity index (χ0n) is 18.2. The van der Waals surface area contributed by atoms with Crippen molar-refractivity contribution in [2.24, 2.45) is 17.6 Å². The van der Waals surface area contributed by atoms with Crippen LogP contribution in [0.2, 0.25) is 0 Å². The van der Waals surface area contributed by atoms with Gasteiger partial charge in [0.2, 0.25) is 0 Å². The number of rotatable bonds is 8. The van der Waals surface area contributed by atoms with Crippen molar-refractivity contribution in [2.45, 2.75) is 46.4 Å². The molecule has 1 heterocycles. The molecule has 1 aromatic carbocycles. The molecular weight excluding hydrogens is 370 g/mol. The van der Waals surface area contributed by atoms with Crippen LogP contribution >= 0.6 is 0 Å². The summed E-state index contributed by atoms with van der Waals surface area (Å²) in [5.41, 5.74) is 7.69. The molecule has 0 bridgehead atoms. The highest BCUT2D eigenvalue weighted by molar-refractivity contribution is 5.92. The Bertz CT molecular complexity index is 842. The number of fused-ring (bicyclic) bond motifs is 1. The van der Waals surface area contributed by atoms with Gasteiger partial charge in [-0.2, -0.15) is 0 Å². The van der Waals surface area contributed by atoms with E-state index in [2.05, 4.69) is 4.90 Å². The van der Waals surface area contributed by atoms with Crippen molar-refractivity contribution >= 4 is 23.0 Å². The predicted octanol–water partition coefficient (Wildman–Crippen LogP) is 3.24. The van der Waals surface area contributed by atoms with Crippen molar-refractivity contribution in [2.75, 3.05) is 20.6 Å². The van der Waals surface area contributed by atoms with Gasteiger partial charge in [0.05, 0.1) is 5.52 Å². The van der Waals surface area contributed by atoms with Crippen molar-refractivity contribution in [3.05, 3.63) is 36.0 Å². The van der Waals surface area contributed by atoms with Crippen molar-refractivity contribution < 1.29 is 19.1 Å². The molecule has 0 fully saturated rings. The molecule has 2 rings (SSSR count). The number of aromatic nitrogens is 1. The maximum absolute atomic E-state index is 12.9. The number of hydrogen-bond acceptors (Lipinski definition) is 6. The highest BCUT2D eigenvalue weighted by Gasteiger charge is 2.28. The van der Waals surface area contributed by atoms with Crippen LogP contribution < -0.4 is 5.73 Å². The first kappa shape index (κ1) is 22.9. The van der Waals surface area contributed by atoms with Crippen LogP contribution in [0.15, 0.2) is 30.5 Å². The number of hydrogen-bond donors (Lipinski definition) is 1. The summed E-state index contributed by atoms with van der Waals surface area (Å²) < 4.78 is 12.4. The Morgan fingerprint density at radius 1 is 1.07 bits per heavy atom. The van der Waals surface area contributed by atoms with Crippen LogP contribution in [0.3, 0.4) is 0 Å². The van der Waals surface area contributed by atoms with Gasteiger partial charge in [0.25, 0.3) is 6.29 Å². The van der Waals surface area contributed by atoms with Gasteiger partial charge in [-0.25, -0.2) is 4.79 Å². The van der Waals surface area contributed by atoms with E-state index >= 15 is 0 Å². The normalized spacial score (nSPS) is 13.9. The van der Waals surface area contributed by atoms with Crippen LogP contribution in [0.4, 0.5) is 4.79 Å². The Kier molecular flexibility index (Phi) is 7.81. The van der Waals surface area contributed by atoms with Gasteiger partial charge < -0.3 is 20.1 Å². The summed E-state index contributed by atoms with van der Waals surface area (Å²) in [4.78, 5) is 27.2. The van der Waals surface area contributed by atoms with Gasteiger partial charge in [0.1, 0.15) is 6.04 Å². The minimum atomic E-state index is -1.01. The Hall–Kier alpha value is -2.38. The number of ether oxygens (including phenoxy) is 2. The lowest BCUT2D eigenvalue weighted by atomic mass is 10.1. The number of carbonyl (C=O) groups is 2. The number of likely N-dealkylation sites (N-methyl/N-ethyl adjacent to an activating group) is 1. The van der Waals surface area contributed by atoms with Crippen LogP contribution in [0.1, 0.15) is 33.3 Å². The second-order valence-electron chi connectivity index (χ2n) is 8.30. The molecule has 0 aliphatic rings. The summed E-state index contributed by atoms with van der Waals surface area (Å²) in [6.45, 7) is 8.18. The average Bonchev–Trinajstić information content (AvgIpc) is 3.03. The fourth-order valence-corrected chi connectivity index (χ4v) is 2.86. The molecule has 1 aromatic heterocycles. The van der Waals surface area contributed by atoms with E-state index in [1.165, 1.54) is 4.57 Å². The average molecular weight is 404 g/mol. The van der Waals surface area contributed by atoms with Crippen LogP contribution in [0.25, 0.3) is 10.9 Å². The van der Waals surface area contributed by atoms with Gasteiger partial charge in [0, 0.05) is 24.0 Å². The molecule has 1 unspecified atom stereocenters. The fourth-order valence-electron chi connectivity index (χ4n) is 2.86. The summed E-state index contributed by atoms with van der Waals surface area (Å²) in [6, 6.07) is 6.93. The third kappa shape index (κ3) is 5.81. The molecule has 160 valence electrons. The number of nitrogens with zero attached hydrogens (tertiary/aromatic N) is 2. The lowest BCUT2D eigenvalue weighted by molar-refractivity contribution is -0.177. The molecule has 0 aliphatic heterocycles. The molecule has 0 saturated carbocycles. The number of para-hydroxylation sites is 1. The van der Waals surface area contributed by atoms with Gasteiger partial charge in [-0.05, 0) is 38.1 Å². The maximum atomic E-state index is 12.9. The first-order valence-corrected chi connectivity index (χ1v) is 10.0. The number of carbonyl (C=O) groups excluding carboxylic acids is 2. The van der Waals surface area contributed by atoms with Crippen molar-refractivity contribution in [1.82, 2.24) is 9.47 Å². The Morgan fingerprint density at radius 2 is 1.72 bits per heavy atom. The summed E-state index contributed by atoms with van der Waals surface area (Å²) in [7, 11) is 4.02. The Morgan fingerprint density at radius 3 is 2.31 bits per heavy atom. The number of benzene rings is 1. The van der Waals surface area contributed by atoms with Crippen LogP contribution in [-0.4, -0.2) is 54.5 Å². The van der Waals surface area contributed by atoms with E-state index < -0.39 is 24.4 Å². The van der Waals surface area contributed by atoms with Crippen molar-refractivity contribution in [3.8, 4) is 0 Å². The molecule has 7 heteroatoms. The van der Waals surface area contributed by atoms with Crippen LogP contribution in [0.5, 0.6) is 0 Å². The zero-order chi connectivity index (χ0) is 21.7. The standard InChI is InChI=1S/C22H33N3O4/c1-14(2)19(23)20(26)28-21(15(3)4)29-22(27)25-13-16(11-12-24(5)6)17-9-7-8-10-18(17)25/h7-10,13-15,19,21H,11-12,23H2,1-6H3/t19-,21?/m0/s1. The summed E-state index contributed by atoms with van der Waals surface area (Å²) in [6.07, 6.45) is 1.02. The third-order valence-corrected chi connectivity index (χ3v) is 4.80. The molecule has 0 aliphatic carbocycles. The van der Waals surface area contributed by atoms with E-state index in [9.17, 15) is 9.59 Å². The van der Waals surface area contributed by atoms with E-state index in [1.807, 2.05) is 66.1 Å². The highest BCUT2D eigenvalue weighted by atomic mass is 16.7. The van der Waals surface area contributed by atoms with Gasteiger partial charge in [0.15, 0.2) is 0 Å². The number of esters is 1. The molecule has 2 aromatic rings. The monoisotopic (exact) mass is 403 g/mol. The highest BCUT2D eigenvalue weighted by Crippen LogP contribution is 2.23. The molecule has 2 atom stereocenters. The molecule has 7 nitrogen and oxygen atoms in total. The summed E-state index contributed by atoms with van der Waals surface area (Å²) in [5, 5.41) is 1.01. The van der Waals surface area contributed by atoms with Crippen molar-refractivity contribution in [1.29, 1.82) is 0 Å². The third-order valence-electron chi connectivity index (χ3n) is 4.80. The SMILES string of the molecule is CC(C)C(OC(=O)[C@@H](N)C(C)C)OC(=O)n1cc(CCN(C)C)c2ccccc21. The molecule has 2 N–H and O–H groups in total. The first-order chi connectivity index (χ1) is 13.6. The van der Waals surface area contributed by atoms with Gasteiger partial charge >= 0.3 is 12.1 Å². The zero-order valence-corrected chi connectivity index (χ0v) is 18.2. The van der Waals surface area contributed by atoms with Gasteiger partial charge in [-0.15, -0.1) is 0 Å². The summed E-state index contributed by atoms with van der Waals surface area (Å²) in [5.74, 6) is -0.855. The number of nitrogens with two attached hydrogens (primary N) is 1. The topological polar surface area (TPSA) is 86.8 Å². The minimum absolute atomic E-state index is 0.0707. The molecule has 0 saturated heterocycles. The van der Waals surface area contributed by atoms with Gasteiger partial charge in [-0.3, -0.25) is 9.36 Å². The summed E-state index contributed by atoms with van der Waals surface area (Å²) >= 11 is 0. The van der Waals surface area contributed by atoms with E-state index in [0.717, 1.165) is 29.4 Å². The van der Waals surface area contributed by atoms with Crippen molar-refractivity contribution in [3.63, 3.8) is 0 Å². The second kappa shape index (κ2) is 9.89. The maximum Gasteiger partial charge on any atom is 0.421 e. The smallest absolute Gasteiger partial charge is 0.421 e. The Balaban J connectivity index is 2.23. The van der Waals surface area contributed by atoms with E-state index in [0.29, 0.717) is 0 Å². The lowest BCUT2D eigenvalue weighted by Crippen LogP contribution is -2.41. The van der Waals surface area contributed by atoms with E-state index in [4.69, 9.17) is 15.2 Å². The Labute approximate surface area is 172 Å². The van der Waals surface area contributed by atoms with Gasteiger partial charge in [-0.1, -0.05) is 45.9 Å². The predicted molar refractivity (Wildman–Crippen MR) is 114 cm³/mol. The molecule has 0 radical (unpaired) electrons.